The molecular weight excluding hydrogens is 312 g/mol. The van der Waals surface area contributed by atoms with Crippen molar-refractivity contribution < 1.29 is 13.2 Å². The molecule has 0 fully saturated rings. The van der Waals surface area contributed by atoms with Crippen LogP contribution in [0.25, 0.3) is 0 Å². The Morgan fingerprint density at radius 1 is 1.26 bits per heavy atom. The zero-order valence-corrected chi connectivity index (χ0v) is 15.3. The highest BCUT2D eigenvalue weighted by atomic mass is 32.2. The molecule has 1 atom stereocenters. The second-order valence-corrected chi connectivity index (χ2v) is 7.89. The van der Waals surface area contributed by atoms with Crippen molar-refractivity contribution in [2.24, 2.45) is 5.92 Å². The Hall–Kier alpha value is -1.56. The molecule has 1 amide bonds. The molecule has 0 aliphatic rings. The van der Waals surface area contributed by atoms with Gasteiger partial charge in [-0.1, -0.05) is 45.2 Å². The number of benzene rings is 1. The summed E-state index contributed by atoms with van der Waals surface area (Å²) in [4.78, 5) is 12.5. The quantitative estimate of drug-likeness (QED) is 0.751. The van der Waals surface area contributed by atoms with Crippen LogP contribution in [0, 0.1) is 5.92 Å². The highest BCUT2D eigenvalue weighted by molar-refractivity contribution is 7.92. The summed E-state index contributed by atoms with van der Waals surface area (Å²) in [5.74, 6) is 0.227. The lowest BCUT2D eigenvalue weighted by Crippen LogP contribution is -2.32. The van der Waals surface area contributed by atoms with Crippen molar-refractivity contribution in [2.75, 3.05) is 24.2 Å². The molecule has 0 radical (unpaired) electrons. The molecule has 0 saturated heterocycles. The van der Waals surface area contributed by atoms with Crippen LogP contribution in [0.15, 0.2) is 24.3 Å². The van der Waals surface area contributed by atoms with Gasteiger partial charge in [-0.2, -0.15) is 0 Å². The zero-order chi connectivity index (χ0) is 17.5. The Labute approximate surface area is 140 Å². The molecule has 23 heavy (non-hydrogen) atoms. The van der Waals surface area contributed by atoms with E-state index in [1.165, 1.54) is 7.05 Å². The number of amides is 1. The molecule has 0 unspecified atom stereocenters. The van der Waals surface area contributed by atoms with E-state index in [0.717, 1.165) is 36.2 Å². The number of unbranched alkanes of at least 4 members (excludes halogenated alkanes) is 1. The SMILES string of the molecule is CCCC[C@H](CC)CNC(=O)c1ccccc1N(C)S(C)(=O)=O. The van der Waals surface area contributed by atoms with E-state index in [1.54, 1.807) is 24.3 Å². The predicted molar refractivity (Wildman–Crippen MR) is 95.3 cm³/mol. The summed E-state index contributed by atoms with van der Waals surface area (Å²) >= 11 is 0. The first-order valence-corrected chi connectivity index (χ1v) is 9.97. The fourth-order valence-corrected chi connectivity index (χ4v) is 2.91. The fourth-order valence-electron chi connectivity index (χ4n) is 2.39. The number of carbonyl (C=O) groups excluding carboxylic acids is 1. The summed E-state index contributed by atoms with van der Waals surface area (Å²) in [5, 5.41) is 2.95. The van der Waals surface area contributed by atoms with Gasteiger partial charge in [-0.25, -0.2) is 8.42 Å². The molecule has 0 aromatic heterocycles. The molecule has 1 N–H and O–H groups in total. The van der Waals surface area contributed by atoms with Crippen LogP contribution in [0.2, 0.25) is 0 Å². The van der Waals surface area contributed by atoms with E-state index in [4.69, 9.17) is 0 Å². The number of anilines is 1. The third-order valence-electron chi connectivity index (χ3n) is 4.08. The number of nitrogens with one attached hydrogen (secondary N) is 1. The molecule has 130 valence electrons. The number of hydrogen-bond acceptors (Lipinski definition) is 3. The van der Waals surface area contributed by atoms with Crippen molar-refractivity contribution in [1.29, 1.82) is 0 Å². The van der Waals surface area contributed by atoms with Gasteiger partial charge in [0.05, 0.1) is 17.5 Å². The van der Waals surface area contributed by atoms with Crippen LogP contribution in [0.1, 0.15) is 49.9 Å². The Balaban J connectivity index is 2.84. The first kappa shape index (κ1) is 19.5. The first-order chi connectivity index (χ1) is 10.8. The van der Waals surface area contributed by atoms with Gasteiger partial charge in [-0.05, 0) is 24.5 Å². The van der Waals surface area contributed by atoms with Gasteiger partial charge >= 0.3 is 0 Å². The fraction of sp³-hybridized carbons (Fsp3) is 0.588. The second-order valence-electron chi connectivity index (χ2n) is 5.87. The summed E-state index contributed by atoms with van der Waals surface area (Å²) in [6.45, 7) is 4.90. The maximum Gasteiger partial charge on any atom is 0.253 e. The number of hydrogen-bond donors (Lipinski definition) is 1. The summed E-state index contributed by atoms with van der Waals surface area (Å²) in [6.07, 6.45) is 5.54. The van der Waals surface area contributed by atoms with Gasteiger partial charge in [-0.15, -0.1) is 0 Å². The maximum absolute atomic E-state index is 12.5. The van der Waals surface area contributed by atoms with Crippen LogP contribution in [-0.2, 0) is 10.0 Å². The van der Waals surface area contributed by atoms with E-state index in [0.29, 0.717) is 23.7 Å². The lowest BCUT2D eigenvalue weighted by molar-refractivity contribution is 0.0946. The molecule has 0 heterocycles. The monoisotopic (exact) mass is 340 g/mol. The van der Waals surface area contributed by atoms with Gasteiger partial charge in [0.15, 0.2) is 0 Å². The van der Waals surface area contributed by atoms with Crippen LogP contribution in [-0.4, -0.2) is 34.2 Å². The normalized spacial score (nSPS) is 12.7. The molecule has 0 aliphatic carbocycles. The zero-order valence-electron chi connectivity index (χ0n) is 14.5. The highest BCUT2D eigenvalue weighted by Gasteiger charge is 2.19. The molecule has 1 aromatic rings. The molecule has 1 rings (SSSR count). The van der Waals surface area contributed by atoms with Crippen LogP contribution >= 0.6 is 0 Å². The minimum atomic E-state index is -3.41. The van der Waals surface area contributed by atoms with Crippen molar-refractivity contribution in [2.45, 2.75) is 39.5 Å². The van der Waals surface area contributed by atoms with Crippen LogP contribution in [0.4, 0.5) is 5.69 Å². The van der Waals surface area contributed by atoms with Gasteiger partial charge in [0.25, 0.3) is 5.91 Å². The topological polar surface area (TPSA) is 66.5 Å². The standard InChI is InChI=1S/C17H28N2O3S/c1-5-7-10-14(6-2)13-18-17(20)15-11-8-9-12-16(15)19(3)23(4,21)22/h8-9,11-12,14H,5-7,10,13H2,1-4H3,(H,18,20)/t14-/m0/s1. The van der Waals surface area contributed by atoms with Gasteiger partial charge < -0.3 is 5.32 Å². The molecule has 0 spiro atoms. The number of carbonyl (C=O) groups is 1. The summed E-state index contributed by atoms with van der Waals surface area (Å²) < 4.78 is 24.6. The van der Waals surface area contributed by atoms with E-state index in [1.807, 2.05) is 0 Å². The van der Waals surface area contributed by atoms with E-state index in [9.17, 15) is 13.2 Å². The van der Waals surface area contributed by atoms with Gasteiger partial charge in [0, 0.05) is 13.6 Å². The molecule has 0 bridgehead atoms. The van der Waals surface area contributed by atoms with Crippen molar-refractivity contribution in [3.8, 4) is 0 Å². The van der Waals surface area contributed by atoms with E-state index < -0.39 is 10.0 Å². The van der Waals surface area contributed by atoms with E-state index >= 15 is 0 Å². The third kappa shape index (κ3) is 5.86. The summed E-state index contributed by atoms with van der Waals surface area (Å²) in [5.41, 5.74) is 0.778. The average Bonchev–Trinajstić information content (AvgIpc) is 2.53. The third-order valence-corrected chi connectivity index (χ3v) is 5.27. The minimum Gasteiger partial charge on any atom is -0.352 e. The largest absolute Gasteiger partial charge is 0.352 e. The average molecular weight is 340 g/mol. The van der Waals surface area contributed by atoms with Crippen molar-refractivity contribution in [3.05, 3.63) is 29.8 Å². The predicted octanol–water partition coefficient (Wildman–Crippen LogP) is 3.03. The highest BCUT2D eigenvalue weighted by Crippen LogP contribution is 2.21. The molecular formula is C17H28N2O3S. The lowest BCUT2D eigenvalue weighted by Gasteiger charge is -2.21. The van der Waals surface area contributed by atoms with Gasteiger partial charge in [0.2, 0.25) is 10.0 Å². The lowest BCUT2D eigenvalue weighted by atomic mass is 9.99. The number of nitrogens with zero attached hydrogens (tertiary/aromatic N) is 1. The Bertz CT molecular complexity index is 614. The second kappa shape index (κ2) is 8.91. The van der Waals surface area contributed by atoms with Crippen molar-refractivity contribution >= 4 is 21.6 Å². The van der Waals surface area contributed by atoms with Crippen molar-refractivity contribution in [3.63, 3.8) is 0 Å². The van der Waals surface area contributed by atoms with E-state index in [-0.39, 0.29) is 5.91 Å². The van der Waals surface area contributed by atoms with E-state index in [2.05, 4.69) is 19.2 Å². The number of sulfonamides is 1. The Morgan fingerprint density at radius 2 is 1.91 bits per heavy atom. The number of rotatable bonds is 9. The molecule has 0 saturated carbocycles. The molecule has 6 heteroatoms. The Morgan fingerprint density at radius 3 is 2.48 bits per heavy atom. The first-order valence-electron chi connectivity index (χ1n) is 8.12. The maximum atomic E-state index is 12.5. The number of para-hydroxylation sites is 1. The summed E-state index contributed by atoms with van der Waals surface area (Å²) in [6, 6.07) is 6.76. The van der Waals surface area contributed by atoms with Crippen LogP contribution in [0.3, 0.4) is 0 Å². The minimum absolute atomic E-state index is 0.231. The smallest absolute Gasteiger partial charge is 0.253 e. The van der Waals surface area contributed by atoms with Crippen LogP contribution < -0.4 is 9.62 Å². The summed E-state index contributed by atoms with van der Waals surface area (Å²) in [7, 11) is -1.95. The van der Waals surface area contributed by atoms with Gasteiger partial charge in [0.1, 0.15) is 0 Å². The Kier molecular flexibility index (Phi) is 7.55. The van der Waals surface area contributed by atoms with Gasteiger partial charge in [-0.3, -0.25) is 9.10 Å². The van der Waals surface area contributed by atoms with Crippen molar-refractivity contribution in [1.82, 2.24) is 5.32 Å². The van der Waals surface area contributed by atoms with Crippen LogP contribution in [0.5, 0.6) is 0 Å². The molecule has 1 aromatic carbocycles. The molecule has 5 nitrogen and oxygen atoms in total. The molecule has 0 aliphatic heterocycles.